The minimum absolute atomic E-state index is 0.120. The van der Waals surface area contributed by atoms with Crippen molar-refractivity contribution < 1.29 is 67.5 Å². The maximum atomic E-state index is 13.6. The monoisotopic (exact) mass is 626 g/mol. The minimum Gasteiger partial charge on any atom is -0.487 e. The van der Waals surface area contributed by atoms with Crippen LogP contribution < -0.4 is 18.9 Å². The van der Waals surface area contributed by atoms with E-state index in [0.29, 0.717) is 11.1 Å². The van der Waals surface area contributed by atoms with Crippen molar-refractivity contribution in [1.29, 1.82) is 0 Å². The van der Waals surface area contributed by atoms with Gasteiger partial charge in [-0.1, -0.05) is 21.8 Å². The first-order chi connectivity index (χ1) is 18.8. The Morgan fingerprint density at radius 3 is 1.43 bits per heavy atom. The molecule has 0 radical (unpaired) electrons. The fourth-order valence-electron chi connectivity index (χ4n) is 3.01. The lowest BCUT2D eigenvalue weighted by molar-refractivity contribution is -0.211. The van der Waals surface area contributed by atoms with E-state index >= 15 is 0 Å². The van der Waals surface area contributed by atoms with E-state index in [1.54, 1.807) is 26.0 Å². The Bertz CT molecular complexity index is 1330. The molecule has 0 aliphatic heterocycles. The lowest BCUT2D eigenvalue weighted by Crippen LogP contribution is -2.12. The molecule has 0 aliphatic rings. The molecule has 0 atom stereocenters. The van der Waals surface area contributed by atoms with E-state index in [2.05, 4.69) is 31.6 Å². The summed E-state index contributed by atoms with van der Waals surface area (Å²) in [5.41, 5.74) is 1.04. The van der Waals surface area contributed by atoms with Crippen LogP contribution in [0, 0.1) is 13.8 Å². The van der Waals surface area contributed by atoms with Crippen molar-refractivity contribution in [2.45, 2.75) is 23.6 Å². The van der Waals surface area contributed by atoms with Gasteiger partial charge in [-0.05, 0) is 37.1 Å². The van der Waals surface area contributed by atoms with Crippen molar-refractivity contribution in [3.8, 4) is 23.0 Å². The first-order valence-corrected chi connectivity index (χ1v) is 14.7. The number of ether oxygens (including phenoxy) is 4. The first-order valence-electron chi connectivity index (χ1n) is 10.8. The topological polar surface area (TPSA) is 200 Å². The fourth-order valence-corrected chi connectivity index (χ4v) is 4.66. The van der Waals surface area contributed by atoms with E-state index in [1.165, 1.54) is 12.1 Å². The van der Waals surface area contributed by atoms with Gasteiger partial charge >= 0.3 is 20.8 Å². The number of aryl methyl sites for hydroxylation is 2. The number of hydrogen-bond donors (Lipinski definition) is 2. The quantitative estimate of drug-likeness (QED) is 0.0804. The summed E-state index contributed by atoms with van der Waals surface area (Å²) in [7, 11) is -11.4. The van der Waals surface area contributed by atoms with E-state index < -0.39 is 44.8 Å². The average molecular weight is 627 g/mol. The Labute approximate surface area is 233 Å². The summed E-state index contributed by atoms with van der Waals surface area (Å²) in [5, 5.41) is 0. The van der Waals surface area contributed by atoms with Gasteiger partial charge < -0.3 is 18.9 Å². The van der Waals surface area contributed by atoms with Gasteiger partial charge in [-0.3, -0.25) is 9.11 Å². The Balaban J connectivity index is 2.31. The third-order valence-corrected chi connectivity index (χ3v) is 6.24. The zero-order valence-corrected chi connectivity index (χ0v) is 23.6. The molecular formula is C22H26O15S3. The Morgan fingerprint density at radius 1 is 0.725 bits per heavy atom. The Morgan fingerprint density at radius 2 is 1.10 bits per heavy atom. The van der Waals surface area contributed by atoms with Gasteiger partial charge in [0.05, 0.1) is 23.3 Å². The van der Waals surface area contributed by atoms with Gasteiger partial charge in [-0.25, -0.2) is 14.0 Å². The van der Waals surface area contributed by atoms with Crippen LogP contribution in [0.15, 0.2) is 59.7 Å². The molecule has 0 saturated carbocycles. The van der Waals surface area contributed by atoms with Crippen LogP contribution >= 0.6 is 0 Å². The predicted octanol–water partition coefficient (Wildman–Crippen LogP) is 2.77. The fraction of sp³-hybridized carbons (Fsp3) is 0.273. The number of hydrogen-bond acceptors (Lipinski definition) is 13. The van der Waals surface area contributed by atoms with Gasteiger partial charge in [-0.2, -0.15) is 16.8 Å². The van der Waals surface area contributed by atoms with Crippen molar-refractivity contribution in [1.82, 2.24) is 0 Å². The second-order valence-corrected chi connectivity index (χ2v) is 10.8. The molecule has 40 heavy (non-hydrogen) atoms. The molecular weight excluding hydrogens is 600 g/mol. The first kappa shape index (κ1) is 33.1. The molecule has 0 unspecified atom stereocenters. The van der Waals surface area contributed by atoms with Gasteiger partial charge in [0.2, 0.25) is 0 Å². The number of benzene rings is 2. The van der Waals surface area contributed by atoms with Crippen molar-refractivity contribution in [3.05, 3.63) is 61.1 Å². The van der Waals surface area contributed by atoms with Crippen molar-refractivity contribution in [2.24, 2.45) is 0 Å². The lowest BCUT2D eigenvalue weighted by Gasteiger charge is -2.17. The third kappa shape index (κ3) is 10.8. The standard InChI is InChI=1S/C22H26O15S3/c1-5-30-21-15(3)11-17(13-19(21)32-7-9-34-36-39(24,25)26)38(23)18-12-16(4)22(31-6-2)20(14-18)33-8-10-35-37-40(27,28)29/h5-6,11-14H,1-2,7-10H2,3-4H3,(H,24,25,26)(H,27,28,29). The van der Waals surface area contributed by atoms with Gasteiger partial charge in [0, 0.05) is 21.9 Å². The van der Waals surface area contributed by atoms with Crippen LogP contribution in [0.4, 0.5) is 0 Å². The summed E-state index contributed by atoms with van der Waals surface area (Å²) >= 11 is 0. The van der Waals surface area contributed by atoms with E-state index in [-0.39, 0.29) is 46.0 Å². The van der Waals surface area contributed by atoms with Crippen LogP contribution in [-0.2, 0) is 50.0 Å². The lowest BCUT2D eigenvalue weighted by atomic mass is 10.2. The SMILES string of the molecule is C=COc1c(C)cc(S(=O)c2cc(C)c(OC=C)c(OCCOOS(=O)(=O)O)c2)cc1OCCOOS(=O)(=O)O. The molecule has 2 N–H and O–H groups in total. The molecule has 2 aromatic rings. The summed E-state index contributed by atoms with van der Waals surface area (Å²) in [6.45, 7) is 9.05. The molecule has 0 bridgehead atoms. The zero-order valence-electron chi connectivity index (χ0n) is 21.1. The largest absolute Gasteiger partial charge is 0.487 e. The van der Waals surface area contributed by atoms with Crippen LogP contribution in [0.1, 0.15) is 11.1 Å². The van der Waals surface area contributed by atoms with Crippen LogP contribution in [0.3, 0.4) is 0 Å². The van der Waals surface area contributed by atoms with Crippen molar-refractivity contribution >= 4 is 31.6 Å². The van der Waals surface area contributed by atoms with Crippen LogP contribution in [0.25, 0.3) is 0 Å². The molecule has 222 valence electrons. The van der Waals surface area contributed by atoms with Gasteiger partial charge in [0.15, 0.2) is 23.0 Å². The highest BCUT2D eigenvalue weighted by Crippen LogP contribution is 2.38. The summed E-state index contributed by atoms with van der Waals surface area (Å²) in [6, 6.07) is 6.03. The highest BCUT2D eigenvalue weighted by atomic mass is 32.3. The Kier molecular flexibility index (Phi) is 12.5. The summed E-state index contributed by atoms with van der Waals surface area (Å²) in [4.78, 5) is 9.25. The highest BCUT2D eigenvalue weighted by Gasteiger charge is 2.19. The molecule has 0 aliphatic carbocycles. The van der Waals surface area contributed by atoms with Crippen LogP contribution in [0.5, 0.6) is 23.0 Å². The predicted molar refractivity (Wildman–Crippen MR) is 137 cm³/mol. The highest BCUT2D eigenvalue weighted by molar-refractivity contribution is 7.85. The van der Waals surface area contributed by atoms with Crippen molar-refractivity contribution in [3.63, 3.8) is 0 Å². The van der Waals surface area contributed by atoms with E-state index in [1.807, 2.05) is 0 Å². The van der Waals surface area contributed by atoms with Gasteiger partial charge in [0.1, 0.15) is 26.4 Å². The Hall–Kier alpha value is -3.07. The average Bonchev–Trinajstić information content (AvgIpc) is 2.85. The normalized spacial score (nSPS) is 11.7. The van der Waals surface area contributed by atoms with E-state index in [4.69, 9.17) is 28.1 Å². The van der Waals surface area contributed by atoms with Crippen LogP contribution in [0.2, 0.25) is 0 Å². The minimum atomic E-state index is -4.80. The van der Waals surface area contributed by atoms with Crippen LogP contribution in [-0.4, -0.2) is 56.6 Å². The molecule has 2 rings (SSSR count). The molecule has 0 saturated heterocycles. The molecule has 0 aromatic heterocycles. The molecule has 18 heteroatoms. The molecule has 0 heterocycles. The van der Waals surface area contributed by atoms with Gasteiger partial charge in [0.25, 0.3) is 0 Å². The number of rotatable bonds is 18. The zero-order chi connectivity index (χ0) is 29.9. The molecule has 0 spiro atoms. The summed E-state index contributed by atoms with van der Waals surface area (Å²) in [6.07, 6.45) is 2.31. The second-order valence-electron chi connectivity index (χ2n) is 7.31. The molecule has 0 amide bonds. The maximum Gasteiger partial charge on any atom is 0.424 e. The molecule has 15 nitrogen and oxygen atoms in total. The van der Waals surface area contributed by atoms with Crippen molar-refractivity contribution in [2.75, 3.05) is 26.4 Å². The second kappa shape index (κ2) is 15.1. The smallest absolute Gasteiger partial charge is 0.424 e. The van der Waals surface area contributed by atoms with E-state index in [9.17, 15) is 21.0 Å². The van der Waals surface area contributed by atoms with E-state index in [0.717, 1.165) is 12.5 Å². The summed E-state index contributed by atoms with van der Waals surface area (Å²) < 4.78 is 102. The summed E-state index contributed by atoms with van der Waals surface area (Å²) in [5.74, 6) is 0.728. The maximum absolute atomic E-state index is 13.6. The molecule has 2 aromatic carbocycles. The third-order valence-electron chi connectivity index (χ3n) is 4.38. The molecule has 0 fully saturated rings. The van der Waals surface area contributed by atoms with Gasteiger partial charge in [-0.15, -0.1) is 0 Å².